The molecule has 1 fully saturated rings. The summed E-state index contributed by atoms with van der Waals surface area (Å²) in [6.07, 6.45) is 1.46. The molecule has 0 saturated carbocycles. The highest BCUT2D eigenvalue weighted by Gasteiger charge is 2.23. The molecule has 1 aliphatic heterocycles. The molecule has 1 aliphatic rings. The zero-order valence-electron chi connectivity index (χ0n) is 9.98. The van der Waals surface area contributed by atoms with E-state index in [4.69, 9.17) is 11.6 Å². The Hall–Kier alpha value is -1.14. The Labute approximate surface area is 113 Å². The Morgan fingerprint density at radius 3 is 2.78 bits per heavy atom. The maximum Gasteiger partial charge on any atom is 0.255 e. The van der Waals surface area contributed by atoms with Gasteiger partial charge < -0.3 is 10.2 Å². The first kappa shape index (κ1) is 13.3. The highest BCUT2D eigenvalue weighted by atomic mass is 35.5. The van der Waals surface area contributed by atoms with E-state index in [-0.39, 0.29) is 5.91 Å². The van der Waals surface area contributed by atoms with Crippen molar-refractivity contribution in [1.82, 2.24) is 9.88 Å². The van der Waals surface area contributed by atoms with Gasteiger partial charge in [0.1, 0.15) is 5.82 Å². The molecule has 1 aromatic rings. The average Bonchev–Trinajstić information content (AvgIpc) is 2.39. The fourth-order valence-corrected chi connectivity index (χ4v) is 2.99. The molecule has 0 spiro atoms. The molecule has 1 N–H and O–H groups in total. The number of carbonyl (C=O) groups is 1. The minimum absolute atomic E-state index is 0.129. The van der Waals surface area contributed by atoms with Crippen molar-refractivity contribution in [3.8, 4) is 0 Å². The van der Waals surface area contributed by atoms with Crippen LogP contribution in [-0.2, 0) is 10.8 Å². The van der Waals surface area contributed by atoms with Gasteiger partial charge in [-0.15, -0.1) is 0 Å². The Morgan fingerprint density at radius 1 is 1.50 bits per heavy atom. The van der Waals surface area contributed by atoms with E-state index >= 15 is 0 Å². The predicted molar refractivity (Wildman–Crippen MR) is 72.6 cm³/mol. The van der Waals surface area contributed by atoms with E-state index in [1.165, 1.54) is 6.20 Å². The second kappa shape index (κ2) is 5.67. The van der Waals surface area contributed by atoms with Crippen molar-refractivity contribution >= 4 is 34.1 Å². The molecule has 1 aromatic heterocycles. The van der Waals surface area contributed by atoms with Crippen LogP contribution < -0.4 is 5.32 Å². The first-order valence-electron chi connectivity index (χ1n) is 5.59. The van der Waals surface area contributed by atoms with Gasteiger partial charge in [0.05, 0.1) is 10.6 Å². The van der Waals surface area contributed by atoms with Crippen LogP contribution in [-0.4, -0.2) is 51.6 Å². The van der Waals surface area contributed by atoms with Gasteiger partial charge in [-0.1, -0.05) is 11.6 Å². The van der Waals surface area contributed by atoms with E-state index in [2.05, 4.69) is 10.3 Å². The summed E-state index contributed by atoms with van der Waals surface area (Å²) < 4.78 is 11.3. The summed E-state index contributed by atoms with van der Waals surface area (Å²) in [4.78, 5) is 18.0. The Bertz CT molecular complexity index is 485. The normalized spacial score (nSPS) is 16.7. The first-order chi connectivity index (χ1) is 8.61. The average molecular weight is 288 g/mol. The van der Waals surface area contributed by atoms with Gasteiger partial charge in [0, 0.05) is 48.6 Å². The van der Waals surface area contributed by atoms with Crippen LogP contribution in [0.1, 0.15) is 10.4 Å². The van der Waals surface area contributed by atoms with Gasteiger partial charge in [-0.2, -0.15) is 0 Å². The second-order valence-electron chi connectivity index (χ2n) is 3.94. The largest absolute Gasteiger partial charge is 0.373 e. The van der Waals surface area contributed by atoms with Gasteiger partial charge >= 0.3 is 0 Å². The Balaban J connectivity index is 2.20. The molecular weight excluding hydrogens is 274 g/mol. The van der Waals surface area contributed by atoms with Gasteiger partial charge in [-0.05, 0) is 6.07 Å². The quantitative estimate of drug-likeness (QED) is 0.881. The summed E-state index contributed by atoms with van der Waals surface area (Å²) in [5, 5.41) is 3.21. The van der Waals surface area contributed by atoms with Gasteiger partial charge in [0.15, 0.2) is 0 Å². The minimum Gasteiger partial charge on any atom is -0.373 e. The third-order valence-corrected chi connectivity index (χ3v) is 4.38. The van der Waals surface area contributed by atoms with Crippen LogP contribution in [0.15, 0.2) is 12.3 Å². The molecule has 7 heteroatoms. The number of nitrogens with zero attached hydrogens (tertiary/aromatic N) is 2. The van der Waals surface area contributed by atoms with Crippen LogP contribution in [0.5, 0.6) is 0 Å². The molecule has 0 unspecified atom stereocenters. The van der Waals surface area contributed by atoms with Crippen LogP contribution >= 0.6 is 11.6 Å². The van der Waals surface area contributed by atoms with Crippen molar-refractivity contribution in [1.29, 1.82) is 0 Å². The molecule has 0 bridgehead atoms. The van der Waals surface area contributed by atoms with Gasteiger partial charge in [0.25, 0.3) is 5.91 Å². The molecule has 18 heavy (non-hydrogen) atoms. The third kappa shape index (κ3) is 2.81. The maximum atomic E-state index is 12.3. The Kier molecular flexibility index (Phi) is 4.19. The number of pyridine rings is 1. The predicted octanol–water partition coefficient (Wildman–Crippen LogP) is 0.981. The van der Waals surface area contributed by atoms with Crippen molar-refractivity contribution in [2.45, 2.75) is 0 Å². The highest BCUT2D eigenvalue weighted by molar-refractivity contribution is 7.85. The number of rotatable bonds is 2. The lowest BCUT2D eigenvalue weighted by Crippen LogP contribution is -2.41. The summed E-state index contributed by atoms with van der Waals surface area (Å²) in [6.45, 7) is 1.03. The molecule has 1 amide bonds. The van der Waals surface area contributed by atoms with Gasteiger partial charge in [-0.3, -0.25) is 9.00 Å². The smallest absolute Gasteiger partial charge is 0.255 e. The van der Waals surface area contributed by atoms with E-state index < -0.39 is 10.8 Å². The molecule has 2 heterocycles. The zero-order chi connectivity index (χ0) is 13.1. The SMILES string of the molecule is CNc1cc(C(=O)N2CCS(=O)CC2)c(Cl)cn1. The lowest BCUT2D eigenvalue weighted by Gasteiger charge is -2.26. The van der Waals surface area contributed by atoms with Crippen molar-refractivity contribution < 1.29 is 9.00 Å². The summed E-state index contributed by atoms with van der Waals surface area (Å²) in [5.74, 6) is 1.54. The Morgan fingerprint density at radius 2 is 2.17 bits per heavy atom. The highest BCUT2D eigenvalue weighted by Crippen LogP contribution is 2.20. The summed E-state index contributed by atoms with van der Waals surface area (Å²) in [5.41, 5.74) is 0.434. The monoisotopic (exact) mass is 287 g/mol. The fourth-order valence-electron chi connectivity index (χ4n) is 1.75. The van der Waals surface area contributed by atoms with Crippen LogP contribution in [0.25, 0.3) is 0 Å². The second-order valence-corrected chi connectivity index (χ2v) is 6.04. The number of carbonyl (C=O) groups excluding carboxylic acids is 1. The van der Waals surface area contributed by atoms with Crippen molar-refractivity contribution in [3.05, 3.63) is 22.8 Å². The standard InChI is InChI=1S/C11H14ClN3O2S/c1-13-10-6-8(9(12)7-14-10)11(16)15-2-4-18(17)5-3-15/h6-7H,2-5H2,1H3,(H,13,14). The van der Waals surface area contributed by atoms with Gasteiger partial charge in [-0.25, -0.2) is 4.98 Å². The van der Waals surface area contributed by atoms with Crippen LogP contribution in [0.2, 0.25) is 5.02 Å². The maximum absolute atomic E-state index is 12.3. The minimum atomic E-state index is -0.797. The molecular formula is C11H14ClN3O2S. The van der Waals surface area contributed by atoms with E-state index in [0.29, 0.717) is 41.0 Å². The van der Waals surface area contributed by atoms with Crippen molar-refractivity contribution in [3.63, 3.8) is 0 Å². The molecule has 98 valence electrons. The van der Waals surface area contributed by atoms with E-state index in [9.17, 15) is 9.00 Å². The molecule has 2 rings (SSSR count). The van der Waals surface area contributed by atoms with Crippen molar-refractivity contribution in [2.24, 2.45) is 0 Å². The number of amides is 1. The molecule has 0 aliphatic carbocycles. The number of hydrogen-bond donors (Lipinski definition) is 1. The number of anilines is 1. The molecule has 0 aromatic carbocycles. The summed E-state index contributed by atoms with van der Waals surface area (Å²) >= 11 is 6.00. The van der Waals surface area contributed by atoms with Crippen LogP contribution in [0, 0.1) is 0 Å². The van der Waals surface area contributed by atoms with Crippen molar-refractivity contribution in [2.75, 3.05) is 37.0 Å². The third-order valence-electron chi connectivity index (χ3n) is 2.81. The molecule has 5 nitrogen and oxygen atoms in total. The molecule has 0 atom stereocenters. The van der Waals surface area contributed by atoms with Crippen LogP contribution in [0.3, 0.4) is 0 Å². The molecule has 0 radical (unpaired) electrons. The summed E-state index contributed by atoms with van der Waals surface area (Å²) in [7, 11) is 0.934. The van der Waals surface area contributed by atoms with E-state index in [0.717, 1.165) is 0 Å². The van der Waals surface area contributed by atoms with Crippen LogP contribution in [0.4, 0.5) is 5.82 Å². The number of aromatic nitrogens is 1. The van der Waals surface area contributed by atoms with E-state index in [1.54, 1.807) is 18.0 Å². The lowest BCUT2D eigenvalue weighted by atomic mass is 10.2. The van der Waals surface area contributed by atoms with E-state index in [1.807, 2.05) is 0 Å². The number of nitrogens with one attached hydrogen (secondary N) is 1. The topological polar surface area (TPSA) is 62.3 Å². The fraction of sp³-hybridized carbons (Fsp3) is 0.455. The lowest BCUT2D eigenvalue weighted by molar-refractivity contribution is 0.0771. The number of halogens is 1. The molecule has 1 saturated heterocycles. The summed E-state index contributed by atoms with van der Waals surface area (Å²) in [6, 6.07) is 1.64. The van der Waals surface area contributed by atoms with Gasteiger partial charge in [0.2, 0.25) is 0 Å². The first-order valence-corrected chi connectivity index (χ1v) is 7.46. The zero-order valence-corrected chi connectivity index (χ0v) is 11.6. The number of hydrogen-bond acceptors (Lipinski definition) is 4.